The van der Waals surface area contributed by atoms with Crippen LogP contribution in [-0.2, 0) is 0 Å². The van der Waals surface area contributed by atoms with Crippen molar-refractivity contribution in [3.63, 3.8) is 0 Å². The zero-order valence-corrected chi connectivity index (χ0v) is 7.95. The van der Waals surface area contributed by atoms with E-state index < -0.39 is 6.67 Å². The molecule has 0 aliphatic carbocycles. The molecule has 1 rings (SSSR count). The fourth-order valence-corrected chi connectivity index (χ4v) is 1.32. The van der Waals surface area contributed by atoms with Crippen LogP contribution in [0.2, 0.25) is 5.02 Å². The molecule has 0 heterocycles. The van der Waals surface area contributed by atoms with E-state index >= 15 is 0 Å². The molecule has 0 fully saturated rings. The van der Waals surface area contributed by atoms with Crippen molar-refractivity contribution in [3.05, 3.63) is 40.3 Å². The van der Waals surface area contributed by atoms with Crippen molar-refractivity contribution >= 4 is 11.6 Å². The standard InChI is InChI=1S/C10H11ClF/c1-7(6-12)9-4-3-5-10(11)8(9)2/h3-5H,6H2,1-2H3. The molecule has 0 N–H and O–H groups in total. The van der Waals surface area contributed by atoms with Crippen molar-refractivity contribution in [1.82, 2.24) is 0 Å². The summed E-state index contributed by atoms with van der Waals surface area (Å²) in [5.41, 5.74) is 1.87. The van der Waals surface area contributed by atoms with Crippen LogP contribution in [0.4, 0.5) is 4.39 Å². The molecular formula is C10H11ClF. The van der Waals surface area contributed by atoms with Gasteiger partial charge in [0.25, 0.3) is 0 Å². The fraction of sp³-hybridized carbons (Fsp3) is 0.300. The van der Waals surface area contributed by atoms with Crippen LogP contribution in [0.25, 0.3) is 0 Å². The predicted molar refractivity (Wildman–Crippen MR) is 50.2 cm³/mol. The second-order valence-electron chi connectivity index (χ2n) is 2.83. The second-order valence-corrected chi connectivity index (χ2v) is 3.23. The Morgan fingerprint density at radius 1 is 1.50 bits per heavy atom. The van der Waals surface area contributed by atoms with E-state index in [2.05, 4.69) is 0 Å². The number of halogens is 2. The van der Waals surface area contributed by atoms with Crippen LogP contribution in [0.15, 0.2) is 18.2 Å². The first kappa shape index (κ1) is 9.53. The van der Waals surface area contributed by atoms with Crippen LogP contribution < -0.4 is 0 Å². The van der Waals surface area contributed by atoms with Crippen LogP contribution in [-0.4, -0.2) is 6.67 Å². The molecule has 0 aromatic heterocycles. The van der Waals surface area contributed by atoms with E-state index in [4.69, 9.17) is 11.6 Å². The fourth-order valence-electron chi connectivity index (χ4n) is 1.14. The molecule has 0 unspecified atom stereocenters. The highest BCUT2D eigenvalue weighted by molar-refractivity contribution is 6.31. The van der Waals surface area contributed by atoms with Crippen LogP contribution in [0, 0.1) is 12.8 Å². The quantitative estimate of drug-likeness (QED) is 0.661. The maximum absolute atomic E-state index is 12.3. The summed E-state index contributed by atoms with van der Waals surface area (Å²) in [5, 5.41) is 0.695. The van der Waals surface area contributed by atoms with Crippen molar-refractivity contribution in [2.75, 3.05) is 6.67 Å². The summed E-state index contributed by atoms with van der Waals surface area (Å²) in [6, 6.07) is 5.53. The lowest BCUT2D eigenvalue weighted by Gasteiger charge is -2.10. The Bertz CT molecular complexity index is 271. The molecule has 0 aliphatic rings. The maximum Gasteiger partial charge on any atom is 0.0997 e. The molecule has 1 radical (unpaired) electrons. The van der Waals surface area contributed by atoms with E-state index in [1.54, 1.807) is 6.92 Å². The third kappa shape index (κ3) is 1.78. The van der Waals surface area contributed by atoms with Gasteiger partial charge >= 0.3 is 0 Å². The molecule has 0 nitrogen and oxygen atoms in total. The van der Waals surface area contributed by atoms with E-state index in [0.29, 0.717) is 5.02 Å². The Labute approximate surface area is 77.4 Å². The first-order chi connectivity index (χ1) is 5.66. The first-order valence-electron chi connectivity index (χ1n) is 3.80. The molecule has 0 amide bonds. The molecule has 0 bridgehead atoms. The van der Waals surface area contributed by atoms with Crippen molar-refractivity contribution < 1.29 is 4.39 Å². The third-order valence-corrected chi connectivity index (χ3v) is 2.34. The molecule has 0 aliphatic heterocycles. The Hall–Kier alpha value is -0.560. The SMILES string of the molecule is C[C](CF)c1cccc(Cl)c1C. The van der Waals surface area contributed by atoms with Gasteiger partial charge in [0.15, 0.2) is 0 Å². The van der Waals surface area contributed by atoms with Gasteiger partial charge in [-0.2, -0.15) is 0 Å². The summed E-state index contributed by atoms with van der Waals surface area (Å²) in [5.74, 6) is 0.731. The molecule has 0 saturated carbocycles. The summed E-state index contributed by atoms with van der Waals surface area (Å²) in [6.45, 7) is 3.26. The lowest BCUT2D eigenvalue weighted by atomic mass is 9.98. The molecule has 2 heteroatoms. The summed E-state index contributed by atoms with van der Waals surface area (Å²) in [7, 11) is 0. The topological polar surface area (TPSA) is 0 Å². The molecule has 12 heavy (non-hydrogen) atoms. The lowest BCUT2D eigenvalue weighted by molar-refractivity contribution is 0.515. The maximum atomic E-state index is 12.3. The van der Waals surface area contributed by atoms with Gasteiger partial charge in [0, 0.05) is 10.9 Å². The van der Waals surface area contributed by atoms with Gasteiger partial charge in [0.2, 0.25) is 0 Å². The molecule has 1 aromatic rings. The molecule has 0 spiro atoms. The lowest BCUT2D eigenvalue weighted by Crippen LogP contribution is -1.99. The van der Waals surface area contributed by atoms with Crippen molar-refractivity contribution in [2.45, 2.75) is 13.8 Å². The zero-order chi connectivity index (χ0) is 9.14. The summed E-state index contributed by atoms with van der Waals surface area (Å²) < 4.78 is 12.3. The molecule has 0 saturated heterocycles. The van der Waals surface area contributed by atoms with Gasteiger partial charge in [-0.1, -0.05) is 30.7 Å². The van der Waals surface area contributed by atoms with Gasteiger partial charge in [-0.05, 0) is 24.1 Å². The monoisotopic (exact) mass is 185 g/mol. The first-order valence-corrected chi connectivity index (χ1v) is 4.18. The van der Waals surface area contributed by atoms with Crippen LogP contribution in [0.5, 0.6) is 0 Å². The zero-order valence-electron chi connectivity index (χ0n) is 7.20. The Kier molecular flexibility index (Phi) is 3.10. The van der Waals surface area contributed by atoms with Gasteiger partial charge in [-0.25, -0.2) is 0 Å². The summed E-state index contributed by atoms with van der Waals surface area (Å²) in [4.78, 5) is 0. The van der Waals surface area contributed by atoms with E-state index in [9.17, 15) is 4.39 Å². The molecule has 0 atom stereocenters. The van der Waals surface area contributed by atoms with E-state index in [1.807, 2.05) is 25.1 Å². The average molecular weight is 186 g/mol. The van der Waals surface area contributed by atoms with Crippen LogP contribution in [0.1, 0.15) is 18.1 Å². The van der Waals surface area contributed by atoms with Gasteiger partial charge < -0.3 is 0 Å². The second kappa shape index (κ2) is 3.90. The normalized spacial score (nSPS) is 10.8. The Morgan fingerprint density at radius 2 is 2.17 bits per heavy atom. The highest BCUT2D eigenvalue weighted by Crippen LogP contribution is 2.24. The minimum atomic E-state index is -0.415. The largest absolute Gasteiger partial charge is 0.250 e. The number of rotatable bonds is 2. The summed E-state index contributed by atoms with van der Waals surface area (Å²) >= 11 is 5.88. The highest BCUT2D eigenvalue weighted by Gasteiger charge is 2.09. The van der Waals surface area contributed by atoms with Crippen molar-refractivity contribution in [2.24, 2.45) is 0 Å². The molecule has 65 valence electrons. The number of alkyl halides is 1. The highest BCUT2D eigenvalue weighted by atomic mass is 35.5. The Balaban J connectivity index is 3.07. The van der Waals surface area contributed by atoms with Gasteiger partial charge in [0.1, 0.15) is 0 Å². The number of hydrogen-bond donors (Lipinski definition) is 0. The minimum Gasteiger partial charge on any atom is -0.250 e. The van der Waals surface area contributed by atoms with Crippen LogP contribution >= 0.6 is 11.6 Å². The smallest absolute Gasteiger partial charge is 0.0997 e. The van der Waals surface area contributed by atoms with E-state index in [1.165, 1.54) is 0 Å². The number of hydrogen-bond acceptors (Lipinski definition) is 0. The van der Waals surface area contributed by atoms with Crippen LogP contribution in [0.3, 0.4) is 0 Å². The van der Waals surface area contributed by atoms with Gasteiger partial charge in [-0.3, -0.25) is 4.39 Å². The molecular weight excluding hydrogens is 175 g/mol. The van der Waals surface area contributed by atoms with Gasteiger partial charge in [0.05, 0.1) is 6.67 Å². The third-order valence-electron chi connectivity index (χ3n) is 1.93. The van der Waals surface area contributed by atoms with E-state index in [0.717, 1.165) is 17.0 Å². The van der Waals surface area contributed by atoms with E-state index in [-0.39, 0.29) is 0 Å². The van der Waals surface area contributed by atoms with Crippen molar-refractivity contribution in [3.8, 4) is 0 Å². The molecule has 1 aromatic carbocycles. The minimum absolute atomic E-state index is 0.415. The predicted octanol–water partition coefficient (Wildman–Crippen LogP) is 3.56. The number of benzene rings is 1. The summed E-state index contributed by atoms with van der Waals surface area (Å²) in [6.07, 6.45) is 0. The van der Waals surface area contributed by atoms with Crippen molar-refractivity contribution in [1.29, 1.82) is 0 Å². The average Bonchev–Trinajstić information content (AvgIpc) is 2.08. The Morgan fingerprint density at radius 3 is 2.75 bits per heavy atom. The van der Waals surface area contributed by atoms with Gasteiger partial charge in [-0.15, -0.1) is 0 Å².